The highest BCUT2D eigenvalue weighted by Gasteiger charge is 2.19. The molecule has 1 N–H and O–H groups in total. The highest BCUT2D eigenvalue weighted by molar-refractivity contribution is 7.98. The Hall–Kier alpha value is -3.10. The van der Waals surface area contributed by atoms with Crippen LogP contribution in [0.25, 0.3) is 16.7 Å². The molecule has 0 spiro atoms. The number of aromatic nitrogens is 3. The second kappa shape index (κ2) is 9.18. The fraction of sp³-hybridized carbons (Fsp3) is 0.292. The third-order valence-electron chi connectivity index (χ3n) is 5.70. The van der Waals surface area contributed by atoms with Gasteiger partial charge in [-0.1, -0.05) is 36.4 Å². The van der Waals surface area contributed by atoms with E-state index in [-0.39, 0.29) is 5.75 Å². The standard InChI is InChI=1S/C24H24N4O3S/c29-19-9-10-20-17(13-23(30)31-21(20)14-19)16-32-24-26-25-22(15-27-11-5-2-6-12-27)28(24)18-7-3-1-4-8-18/h1,3-4,7-10,13-14,29H,2,5-6,11-12,15-16H2. The summed E-state index contributed by atoms with van der Waals surface area (Å²) in [6.45, 7) is 2.94. The zero-order chi connectivity index (χ0) is 21.9. The molecule has 3 heterocycles. The van der Waals surface area contributed by atoms with Crippen LogP contribution >= 0.6 is 11.8 Å². The lowest BCUT2D eigenvalue weighted by Crippen LogP contribution is -2.30. The summed E-state index contributed by atoms with van der Waals surface area (Å²) in [6.07, 6.45) is 3.74. The minimum Gasteiger partial charge on any atom is -0.508 e. The van der Waals surface area contributed by atoms with Crippen molar-refractivity contribution in [3.63, 3.8) is 0 Å². The lowest BCUT2D eigenvalue weighted by atomic mass is 10.1. The van der Waals surface area contributed by atoms with Crippen LogP contribution in [0.3, 0.4) is 0 Å². The summed E-state index contributed by atoms with van der Waals surface area (Å²) in [5, 5.41) is 20.3. The van der Waals surface area contributed by atoms with Crippen LogP contribution in [0.1, 0.15) is 30.7 Å². The first-order chi connectivity index (χ1) is 15.7. The fourth-order valence-corrected chi connectivity index (χ4v) is 5.09. The molecule has 0 aliphatic carbocycles. The third kappa shape index (κ3) is 4.42. The molecule has 0 radical (unpaired) electrons. The van der Waals surface area contributed by atoms with Gasteiger partial charge in [-0.2, -0.15) is 0 Å². The number of fused-ring (bicyclic) bond motifs is 1. The average Bonchev–Trinajstić information content (AvgIpc) is 3.20. The van der Waals surface area contributed by atoms with Gasteiger partial charge in [-0.25, -0.2) is 4.79 Å². The Morgan fingerprint density at radius 3 is 2.62 bits per heavy atom. The second-order valence-corrected chi connectivity index (χ2v) is 8.91. The number of piperidine rings is 1. The van der Waals surface area contributed by atoms with Crippen LogP contribution in [-0.4, -0.2) is 37.9 Å². The quantitative estimate of drug-likeness (QED) is 0.347. The van der Waals surface area contributed by atoms with E-state index in [4.69, 9.17) is 4.42 Å². The maximum atomic E-state index is 12.0. The molecular weight excluding hydrogens is 424 g/mol. The van der Waals surface area contributed by atoms with Crippen LogP contribution in [0.4, 0.5) is 0 Å². The van der Waals surface area contributed by atoms with Crippen molar-refractivity contribution in [2.75, 3.05) is 13.1 Å². The molecule has 32 heavy (non-hydrogen) atoms. The number of rotatable bonds is 6. The van der Waals surface area contributed by atoms with E-state index < -0.39 is 5.63 Å². The minimum atomic E-state index is -0.436. The monoisotopic (exact) mass is 448 g/mol. The highest BCUT2D eigenvalue weighted by Crippen LogP contribution is 2.29. The predicted molar refractivity (Wildman–Crippen MR) is 124 cm³/mol. The van der Waals surface area contributed by atoms with Crippen molar-refractivity contribution in [3.05, 3.63) is 76.4 Å². The molecule has 0 amide bonds. The number of para-hydroxylation sites is 1. The van der Waals surface area contributed by atoms with Gasteiger partial charge >= 0.3 is 5.63 Å². The molecule has 8 heteroatoms. The third-order valence-corrected chi connectivity index (χ3v) is 6.68. The van der Waals surface area contributed by atoms with Crippen LogP contribution in [-0.2, 0) is 12.3 Å². The number of phenolic OH excluding ortho intramolecular Hbond substituents is 1. The first-order valence-corrected chi connectivity index (χ1v) is 11.8. The number of thioether (sulfide) groups is 1. The van der Waals surface area contributed by atoms with Gasteiger partial charge in [0.2, 0.25) is 0 Å². The van der Waals surface area contributed by atoms with E-state index in [9.17, 15) is 9.90 Å². The van der Waals surface area contributed by atoms with E-state index in [0.29, 0.717) is 11.3 Å². The van der Waals surface area contributed by atoms with Gasteiger partial charge in [0.15, 0.2) is 11.0 Å². The van der Waals surface area contributed by atoms with Gasteiger partial charge < -0.3 is 9.52 Å². The maximum absolute atomic E-state index is 12.0. The Morgan fingerprint density at radius 2 is 1.81 bits per heavy atom. The van der Waals surface area contributed by atoms with Gasteiger partial charge in [0.05, 0.1) is 6.54 Å². The van der Waals surface area contributed by atoms with Gasteiger partial charge in [-0.05, 0) is 55.8 Å². The first-order valence-electron chi connectivity index (χ1n) is 10.8. The zero-order valence-corrected chi connectivity index (χ0v) is 18.4. The molecule has 1 saturated heterocycles. The molecule has 5 rings (SSSR count). The largest absolute Gasteiger partial charge is 0.508 e. The molecule has 164 valence electrons. The summed E-state index contributed by atoms with van der Waals surface area (Å²) in [5.74, 6) is 1.52. The fourth-order valence-electron chi connectivity index (χ4n) is 4.13. The van der Waals surface area contributed by atoms with Gasteiger partial charge in [-0.15, -0.1) is 10.2 Å². The summed E-state index contributed by atoms with van der Waals surface area (Å²) >= 11 is 1.53. The molecule has 0 bridgehead atoms. The van der Waals surface area contributed by atoms with E-state index in [0.717, 1.165) is 47.3 Å². The van der Waals surface area contributed by atoms with Crippen molar-refractivity contribution in [1.82, 2.24) is 19.7 Å². The second-order valence-electron chi connectivity index (χ2n) is 7.97. The van der Waals surface area contributed by atoms with Crippen LogP contribution < -0.4 is 5.63 Å². The smallest absolute Gasteiger partial charge is 0.336 e. The van der Waals surface area contributed by atoms with Crippen molar-refractivity contribution < 1.29 is 9.52 Å². The van der Waals surface area contributed by atoms with Crippen LogP contribution in [0.15, 0.2) is 69.0 Å². The van der Waals surface area contributed by atoms with Crippen molar-refractivity contribution in [2.24, 2.45) is 0 Å². The zero-order valence-electron chi connectivity index (χ0n) is 17.6. The summed E-state index contributed by atoms with van der Waals surface area (Å²) in [4.78, 5) is 14.5. The van der Waals surface area contributed by atoms with Crippen molar-refractivity contribution >= 4 is 22.7 Å². The maximum Gasteiger partial charge on any atom is 0.336 e. The highest BCUT2D eigenvalue weighted by atomic mass is 32.2. The number of likely N-dealkylation sites (tertiary alicyclic amines) is 1. The molecule has 0 saturated carbocycles. The van der Waals surface area contributed by atoms with E-state index in [2.05, 4.69) is 31.8 Å². The van der Waals surface area contributed by atoms with Gasteiger partial charge in [-0.3, -0.25) is 9.47 Å². The van der Waals surface area contributed by atoms with Crippen molar-refractivity contribution in [3.8, 4) is 11.4 Å². The summed E-state index contributed by atoms with van der Waals surface area (Å²) < 4.78 is 7.36. The Kier molecular flexibility index (Phi) is 5.96. The predicted octanol–water partition coefficient (Wildman–Crippen LogP) is 4.36. The Bertz CT molecular complexity index is 1280. The Morgan fingerprint density at radius 1 is 1.00 bits per heavy atom. The number of hydrogen-bond donors (Lipinski definition) is 1. The van der Waals surface area contributed by atoms with Gasteiger partial charge in [0.1, 0.15) is 11.3 Å². The number of nitrogens with zero attached hydrogens (tertiary/aromatic N) is 4. The SMILES string of the molecule is O=c1cc(CSc2nnc(CN3CCCCC3)n2-c2ccccc2)c2ccc(O)cc2o1. The van der Waals surface area contributed by atoms with E-state index in [1.165, 1.54) is 43.2 Å². The van der Waals surface area contributed by atoms with Crippen LogP contribution in [0.2, 0.25) is 0 Å². The topological polar surface area (TPSA) is 84.4 Å². The van der Waals surface area contributed by atoms with E-state index >= 15 is 0 Å². The Labute approximate surface area is 189 Å². The molecule has 2 aromatic carbocycles. The summed E-state index contributed by atoms with van der Waals surface area (Å²) in [6, 6.07) is 16.5. The summed E-state index contributed by atoms with van der Waals surface area (Å²) in [7, 11) is 0. The van der Waals surface area contributed by atoms with E-state index in [1.807, 2.05) is 18.2 Å². The minimum absolute atomic E-state index is 0.0663. The van der Waals surface area contributed by atoms with Crippen molar-refractivity contribution in [2.45, 2.75) is 36.7 Å². The lowest BCUT2D eigenvalue weighted by molar-refractivity contribution is 0.214. The number of hydrogen-bond acceptors (Lipinski definition) is 7. The molecular formula is C24H24N4O3S. The molecule has 0 unspecified atom stereocenters. The molecule has 4 aromatic rings. The van der Waals surface area contributed by atoms with Crippen molar-refractivity contribution in [1.29, 1.82) is 0 Å². The molecule has 2 aromatic heterocycles. The number of phenols is 1. The van der Waals surface area contributed by atoms with Crippen LogP contribution in [0.5, 0.6) is 5.75 Å². The average molecular weight is 449 g/mol. The van der Waals surface area contributed by atoms with Crippen LogP contribution in [0, 0.1) is 0 Å². The van der Waals surface area contributed by atoms with E-state index in [1.54, 1.807) is 12.1 Å². The number of benzene rings is 2. The normalized spacial score (nSPS) is 14.8. The van der Waals surface area contributed by atoms with Gasteiger partial charge in [0.25, 0.3) is 0 Å². The Balaban J connectivity index is 1.46. The molecule has 7 nitrogen and oxygen atoms in total. The molecule has 1 aliphatic heterocycles. The van der Waals surface area contributed by atoms with Gasteiger partial charge in [0, 0.05) is 29.0 Å². The molecule has 1 fully saturated rings. The summed E-state index contributed by atoms with van der Waals surface area (Å²) in [5.41, 5.74) is 1.80. The first kappa shape index (κ1) is 20.8. The molecule has 1 aliphatic rings. The number of aromatic hydroxyl groups is 1. The molecule has 0 atom stereocenters. The lowest BCUT2D eigenvalue weighted by Gasteiger charge is -2.26.